The molecule has 1 aliphatic heterocycles. The molecule has 3 aromatic carbocycles. The number of carboxylic acids is 1. The molecule has 0 radical (unpaired) electrons. The summed E-state index contributed by atoms with van der Waals surface area (Å²) < 4.78 is 10.3. The van der Waals surface area contributed by atoms with Crippen LogP contribution in [0.2, 0.25) is 0 Å². The van der Waals surface area contributed by atoms with Crippen molar-refractivity contribution < 1.29 is 14.6 Å². The maximum atomic E-state index is 11.8. The van der Waals surface area contributed by atoms with Crippen molar-refractivity contribution in [1.29, 1.82) is 0 Å². The molecule has 1 aliphatic rings. The van der Waals surface area contributed by atoms with E-state index in [4.69, 9.17) is 14.7 Å². The summed E-state index contributed by atoms with van der Waals surface area (Å²) in [4.78, 5) is 24.4. The second kappa shape index (κ2) is 12.8. The molecule has 0 aliphatic carbocycles. The summed E-state index contributed by atoms with van der Waals surface area (Å²) in [5, 5.41) is 9.66. The van der Waals surface area contributed by atoms with Gasteiger partial charge in [-0.05, 0) is 67.6 Å². The Hall–Kier alpha value is -4.27. The van der Waals surface area contributed by atoms with Crippen LogP contribution in [0.15, 0.2) is 60.7 Å². The van der Waals surface area contributed by atoms with Gasteiger partial charge in [-0.3, -0.25) is 4.90 Å². The van der Waals surface area contributed by atoms with Crippen LogP contribution >= 0.6 is 0 Å². The van der Waals surface area contributed by atoms with Crippen LogP contribution in [-0.2, 0) is 24.2 Å². The lowest BCUT2D eigenvalue weighted by Gasteiger charge is -2.27. The number of ether oxygens (including phenoxy) is 1. The van der Waals surface area contributed by atoms with Gasteiger partial charge in [0.1, 0.15) is 11.6 Å². The minimum atomic E-state index is -0.919. The van der Waals surface area contributed by atoms with Crippen molar-refractivity contribution in [1.82, 2.24) is 24.0 Å². The largest absolute Gasteiger partial charge is 0.478 e. The van der Waals surface area contributed by atoms with Gasteiger partial charge >= 0.3 is 5.97 Å². The Balaban J connectivity index is 1.36. The van der Waals surface area contributed by atoms with Gasteiger partial charge in [-0.25, -0.2) is 14.8 Å². The van der Waals surface area contributed by atoms with E-state index in [-0.39, 0.29) is 0 Å². The molecule has 8 nitrogen and oxygen atoms in total. The molecular weight excluding hydrogens is 550 g/mol. The minimum Gasteiger partial charge on any atom is -0.478 e. The van der Waals surface area contributed by atoms with Crippen LogP contribution in [-0.4, -0.2) is 67.9 Å². The zero-order chi connectivity index (χ0) is 30.8. The van der Waals surface area contributed by atoms with E-state index >= 15 is 0 Å². The molecule has 1 saturated heterocycles. The number of hydrogen-bond donors (Lipinski definition) is 1. The molecule has 44 heavy (non-hydrogen) atoms. The Bertz CT molecular complexity index is 1800. The summed E-state index contributed by atoms with van der Waals surface area (Å²) in [6.45, 7) is 14.7. The van der Waals surface area contributed by atoms with Crippen molar-refractivity contribution in [2.24, 2.45) is 0 Å². The number of aryl methyl sites for hydroxylation is 3. The molecule has 2 aromatic heterocycles. The Morgan fingerprint density at radius 2 is 1.66 bits per heavy atom. The lowest BCUT2D eigenvalue weighted by molar-refractivity contribution is 0.0364. The maximum absolute atomic E-state index is 11.8. The van der Waals surface area contributed by atoms with E-state index in [9.17, 15) is 9.90 Å². The summed E-state index contributed by atoms with van der Waals surface area (Å²) in [5.41, 5.74) is 9.73. The molecule has 0 unspecified atom stereocenters. The smallest absolute Gasteiger partial charge is 0.336 e. The summed E-state index contributed by atoms with van der Waals surface area (Å²) in [6.07, 6.45) is 1.89. The zero-order valence-corrected chi connectivity index (χ0v) is 26.1. The second-order valence-electron chi connectivity index (χ2n) is 11.8. The molecule has 5 aromatic rings. The highest BCUT2D eigenvalue weighted by Gasteiger charge is 2.20. The number of morpholine rings is 1. The number of aromatic carboxylic acids is 1. The van der Waals surface area contributed by atoms with Crippen LogP contribution in [0.5, 0.6) is 0 Å². The van der Waals surface area contributed by atoms with Gasteiger partial charge in [0.05, 0.1) is 35.5 Å². The molecule has 3 heterocycles. The van der Waals surface area contributed by atoms with Crippen LogP contribution in [0.25, 0.3) is 33.5 Å². The van der Waals surface area contributed by atoms with Crippen LogP contribution in [0.3, 0.4) is 0 Å². The number of imidazole rings is 2. The van der Waals surface area contributed by atoms with Crippen LogP contribution < -0.4 is 0 Å². The van der Waals surface area contributed by atoms with E-state index < -0.39 is 5.97 Å². The summed E-state index contributed by atoms with van der Waals surface area (Å²) in [6, 6.07) is 19.9. The Labute approximate surface area is 258 Å². The summed E-state index contributed by atoms with van der Waals surface area (Å²) in [5.74, 6) is 1.16. The van der Waals surface area contributed by atoms with Crippen molar-refractivity contribution in [2.75, 3.05) is 32.8 Å². The van der Waals surface area contributed by atoms with Gasteiger partial charge in [0, 0.05) is 50.4 Å². The molecule has 0 spiro atoms. The predicted octanol–water partition coefficient (Wildman–Crippen LogP) is 6.52. The molecule has 0 amide bonds. The molecule has 6 rings (SSSR count). The predicted molar refractivity (Wildman–Crippen MR) is 174 cm³/mol. The van der Waals surface area contributed by atoms with Gasteiger partial charge < -0.3 is 19.0 Å². The summed E-state index contributed by atoms with van der Waals surface area (Å²) in [7, 11) is 0. The number of carboxylic acid groups (broad SMARTS) is 1. The van der Waals surface area contributed by atoms with Gasteiger partial charge in [0.2, 0.25) is 0 Å². The lowest BCUT2D eigenvalue weighted by Crippen LogP contribution is -2.38. The Morgan fingerprint density at radius 3 is 2.39 bits per heavy atom. The highest BCUT2D eigenvalue weighted by Crippen LogP contribution is 2.31. The standard InChI is InChI=1S/C36H41N5O3/c1-5-8-33-38-34-24(2)21-29(35-37-25(3)26(4)40(35)16-15-39-17-19-44-20-18-39)22-32(34)41(33)23-27-11-13-28(14-12-27)30-9-6-7-10-31(30)36(42)43/h6-7,9-14,21-22H,5,8,15-20,23H2,1-4H3,(H,42,43). The van der Waals surface area contributed by atoms with E-state index in [1.165, 1.54) is 5.69 Å². The normalized spacial score (nSPS) is 14.0. The second-order valence-corrected chi connectivity index (χ2v) is 11.8. The Morgan fingerprint density at radius 1 is 0.909 bits per heavy atom. The fourth-order valence-corrected chi connectivity index (χ4v) is 6.27. The van der Waals surface area contributed by atoms with Crippen molar-refractivity contribution in [2.45, 2.75) is 53.6 Å². The first-order valence-electron chi connectivity index (χ1n) is 15.6. The van der Waals surface area contributed by atoms with Gasteiger partial charge in [-0.1, -0.05) is 49.4 Å². The fraction of sp³-hybridized carbons (Fsp3) is 0.361. The molecule has 1 N–H and O–H groups in total. The number of hydrogen-bond acceptors (Lipinski definition) is 5. The zero-order valence-electron chi connectivity index (χ0n) is 26.1. The number of nitrogens with zero attached hydrogens (tertiary/aromatic N) is 5. The van der Waals surface area contributed by atoms with E-state index in [0.717, 1.165) is 108 Å². The minimum absolute atomic E-state index is 0.308. The van der Waals surface area contributed by atoms with Gasteiger partial charge in [-0.2, -0.15) is 0 Å². The first-order chi connectivity index (χ1) is 21.3. The highest BCUT2D eigenvalue weighted by atomic mass is 16.5. The van der Waals surface area contributed by atoms with Crippen molar-refractivity contribution in [3.63, 3.8) is 0 Å². The first-order valence-corrected chi connectivity index (χ1v) is 15.6. The first kappa shape index (κ1) is 29.8. The fourth-order valence-electron chi connectivity index (χ4n) is 6.27. The van der Waals surface area contributed by atoms with Crippen molar-refractivity contribution >= 4 is 17.0 Å². The maximum Gasteiger partial charge on any atom is 0.336 e. The van der Waals surface area contributed by atoms with Crippen LogP contribution in [0.4, 0.5) is 0 Å². The summed E-state index contributed by atoms with van der Waals surface area (Å²) >= 11 is 0. The van der Waals surface area contributed by atoms with E-state index in [0.29, 0.717) is 12.1 Å². The molecule has 8 heteroatoms. The number of aromatic nitrogens is 4. The quantitative estimate of drug-likeness (QED) is 0.199. The number of carbonyl (C=O) groups is 1. The third-order valence-corrected chi connectivity index (χ3v) is 8.82. The van der Waals surface area contributed by atoms with Gasteiger partial charge in [-0.15, -0.1) is 0 Å². The topological polar surface area (TPSA) is 85.4 Å². The average Bonchev–Trinajstić information content (AvgIpc) is 3.52. The molecule has 0 saturated carbocycles. The lowest BCUT2D eigenvalue weighted by atomic mass is 9.98. The third kappa shape index (κ3) is 5.92. The van der Waals surface area contributed by atoms with Crippen LogP contribution in [0.1, 0.15) is 52.0 Å². The van der Waals surface area contributed by atoms with E-state index in [1.54, 1.807) is 12.1 Å². The molecular formula is C36H41N5O3. The van der Waals surface area contributed by atoms with E-state index in [1.807, 2.05) is 24.3 Å². The molecule has 228 valence electrons. The van der Waals surface area contributed by atoms with Gasteiger partial charge in [0.15, 0.2) is 0 Å². The Kier molecular flexibility index (Phi) is 8.64. The number of rotatable bonds is 10. The van der Waals surface area contributed by atoms with E-state index in [2.05, 4.69) is 66.0 Å². The van der Waals surface area contributed by atoms with Crippen LogP contribution in [0, 0.1) is 20.8 Å². The monoisotopic (exact) mass is 591 g/mol. The van der Waals surface area contributed by atoms with Gasteiger partial charge in [0.25, 0.3) is 0 Å². The highest BCUT2D eigenvalue weighted by molar-refractivity contribution is 5.96. The average molecular weight is 592 g/mol. The van der Waals surface area contributed by atoms with Crippen molar-refractivity contribution in [3.05, 3.63) is 94.6 Å². The molecule has 1 fully saturated rings. The molecule has 0 atom stereocenters. The SMILES string of the molecule is CCCc1nc2c(C)cc(-c3nc(C)c(C)n3CCN3CCOCC3)cc2n1Cc1ccc(-c2ccccc2C(=O)O)cc1. The number of benzene rings is 3. The third-order valence-electron chi connectivity index (χ3n) is 8.82. The number of fused-ring (bicyclic) bond motifs is 1. The van der Waals surface area contributed by atoms with Crippen molar-refractivity contribution in [3.8, 4) is 22.5 Å². The molecule has 0 bridgehead atoms.